The molecule has 0 spiro atoms. The van der Waals surface area contributed by atoms with Crippen LogP contribution in [0.15, 0.2) is 18.2 Å². The van der Waals surface area contributed by atoms with Gasteiger partial charge >= 0.3 is 0 Å². The number of carbonyl (C=O) groups excluding carboxylic acids is 1. The molecule has 1 aliphatic rings. The van der Waals surface area contributed by atoms with Crippen LogP contribution in [0.5, 0.6) is 0 Å². The number of anilines is 1. The number of rotatable bonds is 2. The van der Waals surface area contributed by atoms with Gasteiger partial charge in [-0.3, -0.25) is 4.79 Å². The second kappa shape index (κ2) is 5.53. The molecule has 1 amide bonds. The quantitative estimate of drug-likeness (QED) is 0.842. The molecule has 0 aromatic heterocycles. The SMILES string of the molecule is Cc1ccc(NC(=O)C2CCCC(C)N2)cc1C. The fourth-order valence-corrected chi connectivity index (χ4v) is 2.39. The summed E-state index contributed by atoms with van der Waals surface area (Å²) in [7, 11) is 0. The lowest BCUT2D eigenvalue weighted by Crippen LogP contribution is -2.47. The van der Waals surface area contributed by atoms with Gasteiger partial charge < -0.3 is 10.6 Å². The fraction of sp³-hybridized carbons (Fsp3) is 0.533. The molecule has 1 heterocycles. The topological polar surface area (TPSA) is 41.1 Å². The van der Waals surface area contributed by atoms with Gasteiger partial charge in [0.1, 0.15) is 0 Å². The number of aryl methyl sites for hydroxylation is 2. The first kappa shape index (κ1) is 13.1. The highest BCUT2D eigenvalue weighted by Crippen LogP contribution is 2.17. The number of hydrogen-bond acceptors (Lipinski definition) is 2. The standard InChI is InChI=1S/C15H22N2O/c1-10-7-8-13(9-11(10)2)17-15(18)14-6-4-5-12(3)16-14/h7-9,12,14,16H,4-6H2,1-3H3,(H,17,18). The molecular weight excluding hydrogens is 224 g/mol. The molecule has 2 atom stereocenters. The van der Waals surface area contributed by atoms with Gasteiger partial charge in [0.2, 0.25) is 5.91 Å². The molecule has 1 fully saturated rings. The molecule has 0 aliphatic carbocycles. The summed E-state index contributed by atoms with van der Waals surface area (Å²) in [6, 6.07) is 6.43. The minimum atomic E-state index is -0.0460. The number of carbonyl (C=O) groups is 1. The van der Waals surface area contributed by atoms with Crippen molar-refractivity contribution in [2.75, 3.05) is 5.32 Å². The lowest BCUT2D eigenvalue weighted by atomic mass is 9.99. The monoisotopic (exact) mass is 246 g/mol. The third-order valence-corrected chi connectivity index (χ3v) is 3.71. The zero-order valence-electron chi connectivity index (χ0n) is 11.4. The van der Waals surface area contributed by atoms with Crippen molar-refractivity contribution in [3.8, 4) is 0 Å². The van der Waals surface area contributed by atoms with Crippen LogP contribution in [0.4, 0.5) is 5.69 Å². The summed E-state index contributed by atoms with van der Waals surface area (Å²) in [6.07, 6.45) is 3.22. The van der Waals surface area contributed by atoms with Gasteiger partial charge in [-0.2, -0.15) is 0 Å². The molecular formula is C15H22N2O. The van der Waals surface area contributed by atoms with Crippen molar-refractivity contribution >= 4 is 11.6 Å². The van der Waals surface area contributed by atoms with Crippen molar-refractivity contribution in [2.24, 2.45) is 0 Å². The molecule has 2 unspecified atom stereocenters. The Balaban J connectivity index is 2.00. The summed E-state index contributed by atoms with van der Waals surface area (Å²) in [5.74, 6) is 0.0878. The van der Waals surface area contributed by atoms with E-state index in [2.05, 4.69) is 31.4 Å². The number of piperidine rings is 1. The lowest BCUT2D eigenvalue weighted by Gasteiger charge is -2.27. The molecule has 2 N–H and O–H groups in total. The van der Waals surface area contributed by atoms with E-state index in [1.807, 2.05) is 18.2 Å². The molecule has 1 saturated heterocycles. The minimum Gasteiger partial charge on any atom is -0.325 e. The van der Waals surface area contributed by atoms with Crippen molar-refractivity contribution in [2.45, 2.75) is 52.1 Å². The summed E-state index contributed by atoms with van der Waals surface area (Å²) in [5, 5.41) is 6.35. The first-order chi connectivity index (χ1) is 8.56. The number of benzene rings is 1. The van der Waals surface area contributed by atoms with Crippen LogP contribution in [0.2, 0.25) is 0 Å². The van der Waals surface area contributed by atoms with E-state index >= 15 is 0 Å². The Hall–Kier alpha value is -1.35. The van der Waals surface area contributed by atoms with E-state index in [0.29, 0.717) is 6.04 Å². The number of hydrogen-bond donors (Lipinski definition) is 2. The zero-order valence-corrected chi connectivity index (χ0v) is 11.4. The van der Waals surface area contributed by atoms with E-state index in [4.69, 9.17) is 0 Å². The summed E-state index contributed by atoms with van der Waals surface area (Å²) < 4.78 is 0. The van der Waals surface area contributed by atoms with Gasteiger partial charge in [-0.05, 0) is 63.3 Å². The number of nitrogens with one attached hydrogen (secondary N) is 2. The van der Waals surface area contributed by atoms with Gasteiger partial charge in [0.25, 0.3) is 0 Å². The molecule has 1 aromatic carbocycles. The average Bonchev–Trinajstić information content (AvgIpc) is 2.34. The maximum Gasteiger partial charge on any atom is 0.241 e. The third kappa shape index (κ3) is 3.10. The van der Waals surface area contributed by atoms with Crippen LogP contribution in [0.25, 0.3) is 0 Å². The van der Waals surface area contributed by atoms with Crippen LogP contribution in [-0.4, -0.2) is 18.0 Å². The van der Waals surface area contributed by atoms with Crippen LogP contribution >= 0.6 is 0 Å². The van der Waals surface area contributed by atoms with E-state index < -0.39 is 0 Å². The van der Waals surface area contributed by atoms with Gasteiger partial charge in [-0.1, -0.05) is 6.07 Å². The van der Waals surface area contributed by atoms with E-state index in [1.165, 1.54) is 11.1 Å². The Morgan fingerprint density at radius 3 is 2.72 bits per heavy atom. The molecule has 3 nitrogen and oxygen atoms in total. The third-order valence-electron chi connectivity index (χ3n) is 3.71. The van der Waals surface area contributed by atoms with E-state index in [1.54, 1.807) is 0 Å². The van der Waals surface area contributed by atoms with Crippen LogP contribution < -0.4 is 10.6 Å². The summed E-state index contributed by atoms with van der Waals surface area (Å²) in [5.41, 5.74) is 3.35. The zero-order chi connectivity index (χ0) is 13.1. The Morgan fingerprint density at radius 2 is 2.06 bits per heavy atom. The Labute approximate surface area is 109 Å². The molecule has 1 aromatic rings. The summed E-state index contributed by atoms with van der Waals surface area (Å²) in [4.78, 5) is 12.1. The predicted molar refractivity (Wildman–Crippen MR) is 74.8 cm³/mol. The summed E-state index contributed by atoms with van der Waals surface area (Å²) >= 11 is 0. The van der Waals surface area contributed by atoms with Crippen molar-refractivity contribution in [1.29, 1.82) is 0 Å². The highest BCUT2D eigenvalue weighted by molar-refractivity contribution is 5.95. The molecule has 98 valence electrons. The second-order valence-corrected chi connectivity index (χ2v) is 5.34. The molecule has 0 saturated carbocycles. The van der Waals surface area contributed by atoms with E-state index in [-0.39, 0.29) is 11.9 Å². The van der Waals surface area contributed by atoms with Gasteiger partial charge in [-0.15, -0.1) is 0 Å². The van der Waals surface area contributed by atoms with Crippen LogP contribution in [0.3, 0.4) is 0 Å². The summed E-state index contributed by atoms with van der Waals surface area (Å²) in [6.45, 7) is 6.27. The molecule has 0 radical (unpaired) electrons. The predicted octanol–water partition coefficient (Wildman–Crippen LogP) is 2.77. The largest absolute Gasteiger partial charge is 0.325 e. The van der Waals surface area contributed by atoms with Crippen molar-refractivity contribution in [1.82, 2.24) is 5.32 Å². The van der Waals surface area contributed by atoms with Crippen molar-refractivity contribution in [3.63, 3.8) is 0 Å². The van der Waals surface area contributed by atoms with Gasteiger partial charge in [0.05, 0.1) is 6.04 Å². The maximum atomic E-state index is 12.1. The minimum absolute atomic E-state index is 0.0460. The Kier molecular flexibility index (Phi) is 4.02. The van der Waals surface area contributed by atoms with Gasteiger partial charge in [-0.25, -0.2) is 0 Å². The first-order valence-electron chi connectivity index (χ1n) is 6.70. The van der Waals surface area contributed by atoms with E-state index in [9.17, 15) is 4.79 Å². The highest BCUT2D eigenvalue weighted by Gasteiger charge is 2.23. The maximum absolute atomic E-state index is 12.1. The van der Waals surface area contributed by atoms with Crippen molar-refractivity contribution < 1.29 is 4.79 Å². The fourth-order valence-electron chi connectivity index (χ4n) is 2.39. The van der Waals surface area contributed by atoms with E-state index in [0.717, 1.165) is 24.9 Å². The van der Waals surface area contributed by atoms with Crippen molar-refractivity contribution in [3.05, 3.63) is 29.3 Å². The van der Waals surface area contributed by atoms with Gasteiger partial charge in [0.15, 0.2) is 0 Å². The lowest BCUT2D eigenvalue weighted by molar-refractivity contribution is -0.118. The first-order valence-corrected chi connectivity index (χ1v) is 6.70. The molecule has 2 rings (SSSR count). The normalized spacial score (nSPS) is 23.7. The molecule has 18 heavy (non-hydrogen) atoms. The van der Waals surface area contributed by atoms with Crippen LogP contribution in [0.1, 0.15) is 37.3 Å². The molecule has 1 aliphatic heterocycles. The highest BCUT2D eigenvalue weighted by atomic mass is 16.2. The van der Waals surface area contributed by atoms with Crippen LogP contribution in [0, 0.1) is 13.8 Å². The Bertz CT molecular complexity index is 442. The smallest absolute Gasteiger partial charge is 0.241 e. The van der Waals surface area contributed by atoms with Gasteiger partial charge in [0, 0.05) is 11.7 Å². The van der Waals surface area contributed by atoms with Crippen LogP contribution in [-0.2, 0) is 4.79 Å². The average molecular weight is 246 g/mol. The molecule has 3 heteroatoms. The Morgan fingerprint density at radius 1 is 1.28 bits per heavy atom. The second-order valence-electron chi connectivity index (χ2n) is 5.34. The number of amides is 1. The molecule has 0 bridgehead atoms.